The Balaban J connectivity index is 1.56. The second kappa shape index (κ2) is 8.24. The van der Waals surface area contributed by atoms with Crippen LogP contribution in [0.4, 0.5) is 5.69 Å². The van der Waals surface area contributed by atoms with Crippen LogP contribution in [0.5, 0.6) is 0 Å². The zero-order valence-corrected chi connectivity index (χ0v) is 15.8. The molecule has 7 nitrogen and oxygen atoms in total. The van der Waals surface area contributed by atoms with E-state index < -0.39 is 11.2 Å². The number of rotatable bonds is 5. The van der Waals surface area contributed by atoms with Crippen molar-refractivity contribution in [3.05, 3.63) is 62.4 Å². The lowest BCUT2D eigenvalue weighted by molar-refractivity contribution is -0.132. The first-order valence-electron chi connectivity index (χ1n) is 9.34. The molecule has 1 unspecified atom stereocenters. The summed E-state index contributed by atoms with van der Waals surface area (Å²) in [4.78, 5) is 39.4. The molecule has 0 bridgehead atoms. The number of aryl methyl sites for hydroxylation is 3. The number of hydrogen-bond donors (Lipinski definition) is 2. The molecule has 0 radical (unpaired) electrons. The smallest absolute Gasteiger partial charge is 0.328 e. The van der Waals surface area contributed by atoms with E-state index in [4.69, 9.17) is 0 Å². The van der Waals surface area contributed by atoms with Crippen LogP contribution in [0.2, 0.25) is 0 Å². The quantitative estimate of drug-likeness (QED) is 0.838. The average molecular weight is 370 g/mol. The molecule has 1 aliphatic heterocycles. The first-order valence-corrected chi connectivity index (χ1v) is 9.34. The van der Waals surface area contributed by atoms with Crippen molar-refractivity contribution in [3.63, 3.8) is 0 Å². The van der Waals surface area contributed by atoms with Crippen LogP contribution in [0.3, 0.4) is 0 Å². The first kappa shape index (κ1) is 18.9. The van der Waals surface area contributed by atoms with Gasteiger partial charge in [0, 0.05) is 50.0 Å². The Kier molecular flexibility index (Phi) is 5.78. The molecule has 1 aromatic heterocycles. The molecule has 1 fully saturated rings. The average Bonchev–Trinajstić information content (AvgIpc) is 2.64. The number of piperidine rings is 1. The second-order valence-electron chi connectivity index (χ2n) is 7.18. The lowest BCUT2D eigenvalue weighted by Gasteiger charge is -2.34. The second-order valence-corrected chi connectivity index (χ2v) is 7.18. The molecule has 0 aliphatic carbocycles. The van der Waals surface area contributed by atoms with Gasteiger partial charge < -0.3 is 14.8 Å². The van der Waals surface area contributed by atoms with Crippen LogP contribution in [0.15, 0.2) is 40.1 Å². The largest absolute Gasteiger partial charge is 0.381 e. The summed E-state index contributed by atoms with van der Waals surface area (Å²) in [6.07, 6.45) is 3.64. The Morgan fingerprint density at radius 1 is 1.22 bits per heavy atom. The molecule has 27 heavy (non-hydrogen) atoms. The van der Waals surface area contributed by atoms with Gasteiger partial charge in [-0.25, -0.2) is 4.79 Å². The van der Waals surface area contributed by atoms with E-state index in [1.165, 1.54) is 28.0 Å². The monoisotopic (exact) mass is 370 g/mol. The molecule has 144 valence electrons. The van der Waals surface area contributed by atoms with E-state index in [1.54, 1.807) is 0 Å². The number of H-pyrrole nitrogens is 1. The molecule has 1 atom stereocenters. The molecular weight excluding hydrogens is 344 g/mol. The van der Waals surface area contributed by atoms with Gasteiger partial charge in [0.1, 0.15) is 0 Å². The predicted molar refractivity (Wildman–Crippen MR) is 105 cm³/mol. The molecule has 2 aromatic rings. The van der Waals surface area contributed by atoms with Gasteiger partial charge in [-0.05, 0) is 49.9 Å². The van der Waals surface area contributed by atoms with Crippen LogP contribution in [-0.2, 0) is 11.3 Å². The third-order valence-corrected chi connectivity index (χ3v) is 5.12. The van der Waals surface area contributed by atoms with E-state index in [2.05, 4.69) is 42.3 Å². The molecule has 2 heterocycles. The number of hydrogen-bond acceptors (Lipinski definition) is 4. The Labute approximate surface area is 158 Å². The van der Waals surface area contributed by atoms with Crippen LogP contribution in [0, 0.1) is 13.8 Å². The molecule has 7 heteroatoms. The van der Waals surface area contributed by atoms with Gasteiger partial charge in [-0.1, -0.05) is 6.07 Å². The van der Waals surface area contributed by atoms with Crippen molar-refractivity contribution in [1.82, 2.24) is 14.5 Å². The Hall–Kier alpha value is -2.83. The van der Waals surface area contributed by atoms with Crippen LogP contribution in [0.1, 0.15) is 30.4 Å². The van der Waals surface area contributed by atoms with Gasteiger partial charge in [0.2, 0.25) is 5.91 Å². The van der Waals surface area contributed by atoms with Crippen LogP contribution < -0.4 is 16.6 Å². The zero-order chi connectivity index (χ0) is 19.4. The van der Waals surface area contributed by atoms with Crippen LogP contribution in [0.25, 0.3) is 0 Å². The van der Waals surface area contributed by atoms with Crippen molar-refractivity contribution in [2.45, 2.75) is 45.7 Å². The zero-order valence-electron chi connectivity index (χ0n) is 15.8. The molecule has 1 aliphatic rings. The number of anilines is 1. The van der Waals surface area contributed by atoms with Gasteiger partial charge in [-0.2, -0.15) is 0 Å². The highest BCUT2D eigenvalue weighted by Gasteiger charge is 2.23. The van der Waals surface area contributed by atoms with E-state index in [0.717, 1.165) is 25.1 Å². The van der Waals surface area contributed by atoms with Crippen molar-refractivity contribution in [1.29, 1.82) is 0 Å². The van der Waals surface area contributed by atoms with Crippen molar-refractivity contribution in [2.24, 2.45) is 0 Å². The SMILES string of the molecule is Cc1ccc(NC2CCCN(C(=O)CCn3ccc(=O)[nH]c3=O)C2)cc1C. The third-order valence-electron chi connectivity index (χ3n) is 5.12. The lowest BCUT2D eigenvalue weighted by atomic mass is 10.0. The fourth-order valence-corrected chi connectivity index (χ4v) is 3.38. The Bertz CT molecular complexity index is 931. The number of nitrogens with one attached hydrogen (secondary N) is 2. The minimum atomic E-state index is -0.483. The summed E-state index contributed by atoms with van der Waals surface area (Å²) in [6.45, 7) is 5.85. The summed E-state index contributed by atoms with van der Waals surface area (Å²) in [6, 6.07) is 7.83. The molecule has 0 spiro atoms. The molecule has 1 aromatic carbocycles. The van der Waals surface area contributed by atoms with E-state index in [1.807, 2.05) is 4.90 Å². The minimum Gasteiger partial charge on any atom is -0.381 e. The maximum absolute atomic E-state index is 12.6. The summed E-state index contributed by atoms with van der Waals surface area (Å²) in [7, 11) is 0. The van der Waals surface area contributed by atoms with E-state index >= 15 is 0 Å². The fourth-order valence-electron chi connectivity index (χ4n) is 3.38. The number of benzene rings is 1. The summed E-state index contributed by atoms with van der Waals surface area (Å²) >= 11 is 0. The van der Waals surface area contributed by atoms with Gasteiger partial charge >= 0.3 is 5.69 Å². The van der Waals surface area contributed by atoms with Gasteiger partial charge in [0.15, 0.2) is 0 Å². The van der Waals surface area contributed by atoms with Crippen molar-refractivity contribution in [2.75, 3.05) is 18.4 Å². The lowest BCUT2D eigenvalue weighted by Crippen LogP contribution is -2.45. The summed E-state index contributed by atoms with van der Waals surface area (Å²) in [5.41, 5.74) is 2.67. The Morgan fingerprint density at radius 2 is 2.04 bits per heavy atom. The number of aromatic nitrogens is 2. The summed E-state index contributed by atoms with van der Waals surface area (Å²) < 4.78 is 1.36. The highest BCUT2D eigenvalue weighted by atomic mass is 16.2. The number of likely N-dealkylation sites (tertiary alicyclic amines) is 1. The molecule has 2 N–H and O–H groups in total. The molecule has 3 rings (SSSR count). The number of carbonyl (C=O) groups is 1. The maximum Gasteiger partial charge on any atom is 0.328 e. The van der Waals surface area contributed by atoms with Crippen molar-refractivity contribution in [3.8, 4) is 0 Å². The van der Waals surface area contributed by atoms with E-state index in [0.29, 0.717) is 6.54 Å². The minimum absolute atomic E-state index is 0.0275. The predicted octanol–water partition coefficient (Wildman–Crippen LogP) is 1.65. The maximum atomic E-state index is 12.6. The molecule has 1 saturated heterocycles. The highest BCUT2D eigenvalue weighted by molar-refractivity contribution is 5.76. The summed E-state index contributed by atoms with van der Waals surface area (Å²) in [5, 5.41) is 3.53. The van der Waals surface area contributed by atoms with E-state index in [9.17, 15) is 14.4 Å². The van der Waals surface area contributed by atoms with Crippen molar-refractivity contribution >= 4 is 11.6 Å². The van der Waals surface area contributed by atoms with Crippen LogP contribution in [-0.4, -0.2) is 39.5 Å². The molecular formula is C20H26N4O3. The number of amides is 1. The van der Waals surface area contributed by atoms with Crippen LogP contribution >= 0.6 is 0 Å². The van der Waals surface area contributed by atoms with E-state index in [-0.39, 0.29) is 24.9 Å². The van der Waals surface area contributed by atoms with Crippen molar-refractivity contribution < 1.29 is 4.79 Å². The fraction of sp³-hybridized carbons (Fsp3) is 0.450. The normalized spacial score (nSPS) is 17.0. The molecule has 0 saturated carbocycles. The van der Waals surface area contributed by atoms with Gasteiger partial charge in [0.05, 0.1) is 0 Å². The number of nitrogens with zero attached hydrogens (tertiary/aromatic N) is 2. The van der Waals surface area contributed by atoms with Gasteiger partial charge in [-0.3, -0.25) is 14.6 Å². The standard InChI is InChI=1S/C20H26N4O3/c1-14-5-6-16(12-15(14)2)21-17-4-3-9-24(13-17)19(26)8-11-23-10-7-18(25)22-20(23)27/h5-7,10,12,17,21H,3-4,8-9,11,13H2,1-2H3,(H,22,25,27). The number of aromatic amines is 1. The first-order chi connectivity index (χ1) is 12.9. The topological polar surface area (TPSA) is 87.2 Å². The number of carbonyl (C=O) groups excluding carboxylic acids is 1. The third kappa shape index (κ3) is 4.87. The molecule has 1 amide bonds. The summed E-state index contributed by atoms with van der Waals surface area (Å²) in [5.74, 6) is 0.0275. The van der Waals surface area contributed by atoms with Gasteiger partial charge in [-0.15, -0.1) is 0 Å². The van der Waals surface area contributed by atoms with Gasteiger partial charge in [0.25, 0.3) is 5.56 Å². The highest BCUT2D eigenvalue weighted by Crippen LogP contribution is 2.19. The Morgan fingerprint density at radius 3 is 2.78 bits per heavy atom.